The van der Waals surface area contributed by atoms with E-state index >= 15 is 0 Å². The van der Waals surface area contributed by atoms with E-state index in [1.165, 1.54) is 57.1 Å². The summed E-state index contributed by atoms with van der Waals surface area (Å²) in [5.74, 6) is 1.58. The van der Waals surface area contributed by atoms with Crippen LogP contribution in [0.2, 0.25) is 0 Å². The Hall–Kier alpha value is -1.36. The molecule has 5 heteroatoms. The van der Waals surface area contributed by atoms with Gasteiger partial charge in [-0.25, -0.2) is 4.98 Å². The van der Waals surface area contributed by atoms with E-state index in [1.807, 2.05) is 6.20 Å². The summed E-state index contributed by atoms with van der Waals surface area (Å²) in [7, 11) is 0. The molecule has 1 saturated carbocycles. The number of amides is 1. The van der Waals surface area contributed by atoms with Crippen LogP contribution >= 0.6 is 0 Å². The molecule has 1 N–H and O–H groups in total. The average molecular weight is 373 g/mol. The van der Waals surface area contributed by atoms with Crippen LogP contribution in [-0.2, 0) is 17.8 Å². The average Bonchev–Trinajstić information content (AvgIpc) is 3.31. The maximum Gasteiger partial charge on any atom is 0.230 e. The van der Waals surface area contributed by atoms with Crippen LogP contribution in [0.15, 0.2) is 6.20 Å². The zero-order valence-electron chi connectivity index (χ0n) is 17.0. The molecule has 1 aromatic rings. The summed E-state index contributed by atoms with van der Waals surface area (Å²) < 4.78 is 0. The Morgan fingerprint density at radius 3 is 2.85 bits per heavy atom. The van der Waals surface area contributed by atoms with Crippen molar-refractivity contribution in [3.63, 3.8) is 0 Å². The molecule has 3 aliphatic rings. The van der Waals surface area contributed by atoms with E-state index in [4.69, 9.17) is 0 Å². The number of aromatic nitrogens is 2. The first-order valence-corrected chi connectivity index (χ1v) is 11.3. The number of carbonyl (C=O) groups excluding carboxylic acids is 1. The fourth-order valence-electron chi connectivity index (χ4n) is 5.51. The van der Waals surface area contributed by atoms with Crippen LogP contribution in [-0.4, -0.2) is 51.4 Å². The maximum absolute atomic E-state index is 13.4. The number of hydrogen-bond donors (Lipinski definition) is 1. The van der Waals surface area contributed by atoms with Crippen molar-refractivity contribution < 1.29 is 4.79 Å². The van der Waals surface area contributed by atoms with Gasteiger partial charge in [-0.1, -0.05) is 32.6 Å². The molecule has 3 fully saturated rings. The van der Waals surface area contributed by atoms with E-state index in [2.05, 4.69) is 26.7 Å². The summed E-state index contributed by atoms with van der Waals surface area (Å²) in [6, 6.07) is 0.520. The molecule has 1 aliphatic carbocycles. The number of unbranched alkanes of at least 4 members (excludes halogenated alkanes) is 1. The lowest BCUT2D eigenvalue weighted by molar-refractivity contribution is -0.149. The van der Waals surface area contributed by atoms with Gasteiger partial charge in [-0.2, -0.15) is 0 Å². The number of likely N-dealkylation sites (tertiary alicyclic amines) is 2. The number of hydrogen-bond acceptors (Lipinski definition) is 3. The van der Waals surface area contributed by atoms with Crippen LogP contribution in [0.5, 0.6) is 0 Å². The highest BCUT2D eigenvalue weighted by atomic mass is 16.2. The second kappa shape index (κ2) is 8.34. The molecule has 3 heterocycles. The van der Waals surface area contributed by atoms with Gasteiger partial charge in [0.1, 0.15) is 5.82 Å². The number of nitrogens with one attached hydrogen (secondary N) is 1. The van der Waals surface area contributed by atoms with Crippen molar-refractivity contribution in [3.05, 3.63) is 17.7 Å². The van der Waals surface area contributed by atoms with Crippen LogP contribution < -0.4 is 0 Å². The minimum Gasteiger partial charge on any atom is -0.345 e. The SMILES string of the molecule is CCCCc1ncc(CN2CCC3(CCCN(C4CCCCC4)C3=O)C2)[nH]1. The summed E-state index contributed by atoms with van der Waals surface area (Å²) in [6.45, 7) is 6.07. The summed E-state index contributed by atoms with van der Waals surface area (Å²) >= 11 is 0. The van der Waals surface area contributed by atoms with E-state index in [0.29, 0.717) is 11.9 Å². The molecule has 1 spiro atoms. The third-order valence-corrected chi connectivity index (χ3v) is 7.06. The standard InChI is InChI=1S/C22H36N4O/c1-2-3-10-20-23-15-18(24-20)16-25-14-12-22(17-25)11-7-13-26(21(22)27)19-8-5-4-6-9-19/h15,19H,2-14,16-17H2,1H3,(H,23,24). The lowest BCUT2D eigenvalue weighted by Crippen LogP contribution is -2.54. The molecular weight excluding hydrogens is 336 g/mol. The Kier molecular flexibility index (Phi) is 5.86. The number of imidazole rings is 1. The van der Waals surface area contributed by atoms with Gasteiger partial charge in [-0.15, -0.1) is 0 Å². The van der Waals surface area contributed by atoms with Crippen LogP contribution in [0, 0.1) is 5.41 Å². The molecule has 2 saturated heterocycles. The zero-order valence-corrected chi connectivity index (χ0v) is 17.0. The van der Waals surface area contributed by atoms with Gasteiger partial charge in [0.15, 0.2) is 0 Å². The first-order valence-electron chi connectivity index (χ1n) is 11.3. The zero-order chi connectivity index (χ0) is 18.7. The van der Waals surface area contributed by atoms with Crippen LogP contribution in [0.4, 0.5) is 0 Å². The lowest BCUT2D eigenvalue weighted by Gasteiger charge is -2.44. The molecule has 1 amide bonds. The molecule has 5 nitrogen and oxygen atoms in total. The van der Waals surface area contributed by atoms with Crippen molar-refractivity contribution in [2.24, 2.45) is 5.41 Å². The van der Waals surface area contributed by atoms with Crippen molar-refractivity contribution in [3.8, 4) is 0 Å². The topological polar surface area (TPSA) is 52.2 Å². The largest absolute Gasteiger partial charge is 0.345 e. The van der Waals surface area contributed by atoms with E-state index in [9.17, 15) is 4.79 Å². The van der Waals surface area contributed by atoms with Crippen molar-refractivity contribution in [1.29, 1.82) is 0 Å². The molecule has 1 unspecified atom stereocenters. The molecule has 2 aliphatic heterocycles. The molecule has 27 heavy (non-hydrogen) atoms. The van der Waals surface area contributed by atoms with Gasteiger partial charge in [0.25, 0.3) is 0 Å². The van der Waals surface area contributed by atoms with E-state index in [1.54, 1.807) is 0 Å². The summed E-state index contributed by atoms with van der Waals surface area (Å²) in [5, 5.41) is 0. The molecule has 1 atom stereocenters. The van der Waals surface area contributed by atoms with E-state index < -0.39 is 0 Å². The highest BCUT2D eigenvalue weighted by Crippen LogP contribution is 2.42. The Morgan fingerprint density at radius 1 is 1.19 bits per heavy atom. The number of H-pyrrole nitrogens is 1. The summed E-state index contributed by atoms with van der Waals surface area (Å²) in [5.41, 5.74) is 1.09. The Labute approximate surface area is 163 Å². The second-order valence-corrected chi connectivity index (χ2v) is 9.09. The van der Waals surface area contributed by atoms with E-state index in [0.717, 1.165) is 51.3 Å². The predicted molar refractivity (Wildman–Crippen MR) is 107 cm³/mol. The summed E-state index contributed by atoms with van der Waals surface area (Å²) in [4.78, 5) is 26.2. The number of rotatable bonds is 6. The first-order chi connectivity index (χ1) is 13.2. The lowest BCUT2D eigenvalue weighted by atomic mass is 9.77. The molecule has 4 rings (SSSR count). The number of carbonyl (C=O) groups is 1. The Morgan fingerprint density at radius 2 is 2.04 bits per heavy atom. The number of nitrogens with zero attached hydrogens (tertiary/aromatic N) is 3. The smallest absolute Gasteiger partial charge is 0.230 e. The third-order valence-electron chi connectivity index (χ3n) is 7.06. The highest BCUT2D eigenvalue weighted by molar-refractivity contribution is 5.84. The normalized spacial score (nSPS) is 27.7. The molecule has 0 aromatic carbocycles. The van der Waals surface area contributed by atoms with Crippen molar-refractivity contribution in [2.75, 3.05) is 19.6 Å². The van der Waals surface area contributed by atoms with Gasteiger partial charge in [-0.3, -0.25) is 9.69 Å². The van der Waals surface area contributed by atoms with E-state index in [-0.39, 0.29) is 5.41 Å². The predicted octanol–water partition coefficient (Wildman–Crippen LogP) is 3.90. The number of aryl methyl sites for hydroxylation is 1. The van der Waals surface area contributed by atoms with Gasteiger partial charge >= 0.3 is 0 Å². The minimum absolute atomic E-state index is 0.110. The number of aromatic amines is 1. The fourth-order valence-corrected chi connectivity index (χ4v) is 5.51. The molecule has 150 valence electrons. The molecule has 0 radical (unpaired) electrons. The van der Waals surface area contributed by atoms with Gasteiger partial charge in [0.05, 0.1) is 5.41 Å². The van der Waals surface area contributed by atoms with Crippen molar-refractivity contribution in [1.82, 2.24) is 19.8 Å². The minimum atomic E-state index is -0.110. The molecular formula is C22H36N4O. The van der Waals surface area contributed by atoms with Gasteiger partial charge in [-0.05, 0) is 45.1 Å². The Bertz CT molecular complexity index is 636. The number of piperidine rings is 1. The van der Waals surface area contributed by atoms with Crippen LogP contribution in [0.1, 0.15) is 82.7 Å². The van der Waals surface area contributed by atoms with Crippen LogP contribution in [0.25, 0.3) is 0 Å². The third kappa shape index (κ3) is 4.08. The van der Waals surface area contributed by atoms with Gasteiger partial charge in [0, 0.05) is 44.0 Å². The van der Waals surface area contributed by atoms with Crippen molar-refractivity contribution in [2.45, 2.75) is 90.1 Å². The maximum atomic E-state index is 13.4. The van der Waals surface area contributed by atoms with Crippen molar-refractivity contribution >= 4 is 5.91 Å². The quantitative estimate of drug-likeness (QED) is 0.824. The molecule has 1 aromatic heterocycles. The van der Waals surface area contributed by atoms with Gasteiger partial charge in [0.2, 0.25) is 5.91 Å². The molecule has 0 bridgehead atoms. The highest BCUT2D eigenvalue weighted by Gasteiger charge is 2.49. The van der Waals surface area contributed by atoms with Gasteiger partial charge < -0.3 is 9.88 Å². The first kappa shape index (κ1) is 19.0. The summed E-state index contributed by atoms with van der Waals surface area (Å²) in [6.07, 6.45) is 15.1. The fraction of sp³-hybridized carbons (Fsp3) is 0.818. The monoisotopic (exact) mass is 372 g/mol. The Balaban J connectivity index is 1.37. The second-order valence-electron chi connectivity index (χ2n) is 9.09. The van der Waals surface area contributed by atoms with Crippen LogP contribution in [0.3, 0.4) is 0 Å².